The van der Waals surface area contributed by atoms with Gasteiger partial charge in [-0.3, -0.25) is 14.4 Å². The molecule has 0 bridgehead atoms. The van der Waals surface area contributed by atoms with Gasteiger partial charge in [0.1, 0.15) is 6.61 Å². The van der Waals surface area contributed by atoms with Crippen molar-refractivity contribution in [3.05, 3.63) is 61.2 Å². The average Bonchev–Trinajstić information content (AvgIpc) is 3.36. The van der Waals surface area contributed by atoms with Gasteiger partial charge >= 0.3 is 5.97 Å². The van der Waals surface area contributed by atoms with E-state index in [4.69, 9.17) is 4.74 Å². The van der Waals surface area contributed by atoms with Crippen LogP contribution in [0, 0.1) is 11.8 Å². The Morgan fingerprint density at radius 1 is 1.19 bits per heavy atom. The van der Waals surface area contributed by atoms with Crippen molar-refractivity contribution in [3.63, 3.8) is 0 Å². The molecule has 1 aromatic carbocycles. The van der Waals surface area contributed by atoms with Gasteiger partial charge in [-0.25, -0.2) is 0 Å². The molecule has 1 aromatic rings. The van der Waals surface area contributed by atoms with Gasteiger partial charge in [-0.15, -0.1) is 13.2 Å². The number of ether oxygens (including phenoxy) is 1. The number of unbranched alkanes of at least 4 members (excludes halogenated alkanes) is 1. The second-order valence-corrected chi connectivity index (χ2v) is 10.6. The van der Waals surface area contributed by atoms with E-state index in [0.717, 1.165) is 31.2 Å². The first-order chi connectivity index (χ1) is 17.7. The van der Waals surface area contributed by atoms with Crippen molar-refractivity contribution in [2.75, 3.05) is 19.8 Å². The molecule has 0 spiro atoms. The minimum absolute atomic E-state index is 0.0256. The van der Waals surface area contributed by atoms with Crippen molar-refractivity contribution in [1.82, 2.24) is 10.2 Å². The maximum atomic E-state index is 13.1. The number of likely N-dealkylation sites (tertiary alicyclic amines) is 1. The summed E-state index contributed by atoms with van der Waals surface area (Å²) in [4.78, 5) is 40.7. The summed E-state index contributed by atoms with van der Waals surface area (Å²) in [6.07, 6.45) is 8.49. The number of hydrogen-bond donors (Lipinski definition) is 2. The summed E-state index contributed by atoms with van der Waals surface area (Å²) < 4.78 is 5.70. The minimum atomic E-state index is -0.811. The van der Waals surface area contributed by atoms with Gasteiger partial charge in [-0.05, 0) is 64.4 Å². The van der Waals surface area contributed by atoms with Crippen molar-refractivity contribution in [1.29, 1.82) is 0 Å². The lowest BCUT2D eigenvalue weighted by Crippen LogP contribution is -2.50. The molecule has 2 amide bonds. The Hall–Kier alpha value is -2.93. The van der Waals surface area contributed by atoms with E-state index in [0.29, 0.717) is 25.8 Å². The summed E-state index contributed by atoms with van der Waals surface area (Å²) in [5.41, 5.74) is 0.267. The molecule has 2 N–H and O–H groups in total. The van der Waals surface area contributed by atoms with E-state index in [-0.39, 0.29) is 49.4 Å². The summed E-state index contributed by atoms with van der Waals surface area (Å²) in [6, 6.07) is 9.69. The van der Waals surface area contributed by atoms with Gasteiger partial charge in [0.15, 0.2) is 0 Å². The molecule has 7 nitrogen and oxygen atoms in total. The smallest absolute Gasteiger partial charge is 0.309 e. The molecule has 0 radical (unpaired) electrons. The summed E-state index contributed by atoms with van der Waals surface area (Å²) >= 11 is 0. The highest BCUT2D eigenvalue weighted by Gasteiger charge is 2.33. The number of rotatable bonds is 16. The predicted octanol–water partition coefficient (Wildman–Crippen LogP) is 4.21. The molecule has 1 aliphatic rings. The zero-order valence-electron chi connectivity index (χ0n) is 22.5. The van der Waals surface area contributed by atoms with Crippen LogP contribution < -0.4 is 5.32 Å². The summed E-state index contributed by atoms with van der Waals surface area (Å²) in [5, 5.41) is 12.5. The predicted molar refractivity (Wildman–Crippen MR) is 146 cm³/mol. The first-order valence-electron chi connectivity index (χ1n) is 13.4. The maximum Gasteiger partial charge on any atom is 0.309 e. The molecule has 204 valence electrons. The first-order valence-corrected chi connectivity index (χ1v) is 13.4. The molecular formula is C30H44N2O5. The molecule has 0 aliphatic carbocycles. The molecule has 1 saturated heterocycles. The fourth-order valence-corrected chi connectivity index (χ4v) is 4.72. The Kier molecular flexibility index (Phi) is 12.6. The monoisotopic (exact) mass is 512 g/mol. The fourth-order valence-electron chi connectivity index (χ4n) is 4.72. The Balaban J connectivity index is 1.95. The van der Waals surface area contributed by atoms with Gasteiger partial charge in [0.25, 0.3) is 0 Å². The summed E-state index contributed by atoms with van der Waals surface area (Å²) in [6.45, 7) is 11.7. The number of carbonyl (C=O) groups is 3. The fraction of sp³-hybridized carbons (Fsp3) is 0.567. The molecule has 0 aromatic heterocycles. The van der Waals surface area contributed by atoms with E-state index in [9.17, 15) is 19.5 Å². The molecule has 0 unspecified atom stereocenters. The molecule has 2 rings (SSSR count). The summed E-state index contributed by atoms with van der Waals surface area (Å²) in [7, 11) is 0. The second-order valence-electron chi connectivity index (χ2n) is 10.6. The van der Waals surface area contributed by atoms with Crippen molar-refractivity contribution >= 4 is 17.8 Å². The highest BCUT2D eigenvalue weighted by atomic mass is 16.5. The number of amides is 2. The van der Waals surface area contributed by atoms with Gasteiger partial charge in [0.2, 0.25) is 11.8 Å². The number of carbonyl (C=O) groups excluding carboxylic acids is 3. The number of esters is 1. The normalized spacial score (nSPS) is 17.1. The number of aliphatic hydroxyl groups excluding tert-OH is 1. The third kappa shape index (κ3) is 10.2. The maximum absolute atomic E-state index is 13.1. The lowest BCUT2D eigenvalue weighted by atomic mass is 9.94. The van der Waals surface area contributed by atoms with Crippen LogP contribution in [0.4, 0.5) is 0 Å². The minimum Gasteiger partial charge on any atom is -0.463 e. The van der Waals surface area contributed by atoms with Crippen LogP contribution in [0.15, 0.2) is 55.6 Å². The van der Waals surface area contributed by atoms with Crippen molar-refractivity contribution < 1.29 is 24.2 Å². The lowest BCUT2D eigenvalue weighted by Gasteiger charge is -2.30. The Labute approximate surface area is 222 Å². The van der Waals surface area contributed by atoms with Gasteiger partial charge < -0.3 is 20.1 Å². The van der Waals surface area contributed by atoms with E-state index < -0.39 is 11.5 Å². The lowest BCUT2D eigenvalue weighted by molar-refractivity contribution is -0.151. The molecule has 7 heteroatoms. The van der Waals surface area contributed by atoms with Crippen molar-refractivity contribution in [3.8, 4) is 0 Å². The van der Waals surface area contributed by atoms with Gasteiger partial charge in [0.05, 0.1) is 30.0 Å². The molecule has 1 fully saturated rings. The van der Waals surface area contributed by atoms with E-state index in [1.165, 1.54) is 0 Å². The van der Waals surface area contributed by atoms with Crippen LogP contribution in [-0.4, -0.2) is 59.1 Å². The Bertz CT molecular complexity index is 898. The van der Waals surface area contributed by atoms with Gasteiger partial charge in [-0.1, -0.05) is 42.5 Å². The number of hydrogen-bond acceptors (Lipinski definition) is 5. The average molecular weight is 513 g/mol. The van der Waals surface area contributed by atoms with Crippen LogP contribution in [0.2, 0.25) is 0 Å². The quantitative estimate of drug-likeness (QED) is 0.197. The SMILES string of the molecule is C=CCCC[C@H](Cc1ccccc1)C(=O)OCC(C)(C)NC(=O)[C@@H](CC=C)CC(=O)N1CCC[C@H]1CO. The molecule has 1 heterocycles. The van der Waals surface area contributed by atoms with E-state index in [1.807, 2.05) is 36.4 Å². The van der Waals surface area contributed by atoms with Crippen molar-refractivity contribution in [2.45, 2.75) is 76.8 Å². The third-order valence-corrected chi connectivity index (χ3v) is 6.81. The van der Waals surface area contributed by atoms with Crippen LogP contribution in [0.5, 0.6) is 0 Å². The van der Waals surface area contributed by atoms with Crippen LogP contribution in [0.3, 0.4) is 0 Å². The van der Waals surface area contributed by atoms with Crippen LogP contribution >= 0.6 is 0 Å². The van der Waals surface area contributed by atoms with Crippen LogP contribution in [-0.2, 0) is 25.5 Å². The van der Waals surface area contributed by atoms with Crippen LogP contribution in [0.1, 0.15) is 64.4 Å². The Morgan fingerprint density at radius 2 is 1.92 bits per heavy atom. The molecule has 3 atom stereocenters. The summed E-state index contributed by atoms with van der Waals surface area (Å²) in [5.74, 6) is -1.55. The van der Waals surface area contributed by atoms with E-state index in [2.05, 4.69) is 18.5 Å². The second kappa shape index (κ2) is 15.4. The molecule has 37 heavy (non-hydrogen) atoms. The number of nitrogens with one attached hydrogen (secondary N) is 1. The van der Waals surface area contributed by atoms with Gasteiger partial charge in [0, 0.05) is 13.0 Å². The Morgan fingerprint density at radius 3 is 2.57 bits per heavy atom. The van der Waals surface area contributed by atoms with E-state index in [1.54, 1.807) is 24.8 Å². The standard InChI is InChI=1S/C30H44N2O5/c1-5-7-9-16-25(19-23-14-10-8-11-15-23)29(36)37-22-30(3,4)31-28(35)24(13-6-2)20-27(34)32-18-12-17-26(32)21-33/h5-6,8,10-11,14-15,24-26,33H,1-2,7,9,12-13,16-22H2,3-4H3,(H,31,35)/t24-,25+,26-/m0/s1. The first kappa shape index (κ1) is 30.3. The third-order valence-electron chi connectivity index (χ3n) is 6.81. The highest BCUT2D eigenvalue weighted by molar-refractivity contribution is 5.86. The number of allylic oxidation sites excluding steroid dienone is 2. The zero-order chi connectivity index (χ0) is 27.3. The zero-order valence-corrected chi connectivity index (χ0v) is 22.5. The van der Waals surface area contributed by atoms with Crippen LogP contribution in [0.25, 0.3) is 0 Å². The molecule has 1 aliphatic heterocycles. The molecule has 0 saturated carbocycles. The van der Waals surface area contributed by atoms with Gasteiger partial charge in [-0.2, -0.15) is 0 Å². The largest absolute Gasteiger partial charge is 0.463 e. The number of benzene rings is 1. The van der Waals surface area contributed by atoms with E-state index >= 15 is 0 Å². The number of nitrogens with zero attached hydrogens (tertiary/aromatic N) is 1. The highest BCUT2D eigenvalue weighted by Crippen LogP contribution is 2.22. The topological polar surface area (TPSA) is 95.9 Å². The number of aliphatic hydroxyl groups is 1. The molecular weight excluding hydrogens is 468 g/mol. The van der Waals surface area contributed by atoms with Crippen molar-refractivity contribution in [2.24, 2.45) is 11.8 Å².